The second kappa shape index (κ2) is 9.02. The standard InChI is InChI=1S/C15H21F4N3O2S/c1-4-20-15(22-9(2)5-6-25(3,23)24)21-8-10-13(18)11(16)7-12(17)14(10)19/h7,9H,4-6,8H2,1-3H3,(H2,20,21,22). The zero-order valence-corrected chi connectivity index (χ0v) is 15.0. The number of halogens is 4. The number of benzene rings is 1. The van der Waals surface area contributed by atoms with Crippen molar-refractivity contribution in [1.29, 1.82) is 0 Å². The lowest BCUT2D eigenvalue weighted by Gasteiger charge is -2.17. The van der Waals surface area contributed by atoms with Crippen molar-refractivity contribution in [3.05, 3.63) is 34.9 Å². The Labute approximate surface area is 144 Å². The van der Waals surface area contributed by atoms with Gasteiger partial charge in [0.15, 0.2) is 29.2 Å². The van der Waals surface area contributed by atoms with Gasteiger partial charge in [0.1, 0.15) is 9.84 Å². The van der Waals surface area contributed by atoms with Crippen LogP contribution in [0.2, 0.25) is 0 Å². The quantitative estimate of drug-likeness (QED) is 0.328. The van der Waals surface area contributed by atoms with Crippen LogP contribution in [-0.2, 0) is 16.4 Å². The van der Waals surface area contributed by atoms with Crippen molar-refractivity contribution in [1.82, 2.24) is 10.6 Å². The molecule has 0 saturated heterocycles. The molecule has 0 heterocycles. The molecular formula is C15H21F4N3O2S. The molecule has 5 nitrogen and oxygen atoms in total. The van der Waals surface area contributed by atoms with E-state index in [0.29, 0.717) is 13.0 Å². The van der Waals surface area contributed by atoms with E-state index in [-0.39, 0.29) is 23.8 Å². The smallest absolute Gasteiger partial charge is 0.191 e. The summed E-state index contributed by atoms with van der Waals surface area (Å²) in [7, 11) is -3.13. The van der Waals surface area contributed by atoms with Gasteiger partial charge in [-0.15, -0.1) is 0 Å². The van der Waals surface area contributed by atoms with Gasteiger partial charge < -0.3 is 10.6 Å². The predicted molar refractivity (Wildman–Crippen MR) is 88.0 cm³/mol. The monoisotopic (exact) mass is 383 g/mol. The first kappa shape index (κ1) is 21.2. The molecule has 1 unspecified atom stereocenters. The van der Waals surface area contributed by atoms with Crippen molar-refractivity contribution in [2.24, 2.45) is 4.99 Å². The van der Waals surface area contributed by atoms with Crippen molar-refractivity contribution in [3.8, 4) is 0 Å². The van der Waals surface area contributed by atoms with Gasteiger partial charge in [-0.1, -0.05) is 0 Å². The summed E-state index contributed by atoms with van der Waals surface area (Å²) < 4.78 is 76.0. The van der Waals surface area contributed by atoms with E-state index in [0.717, 1.165) is 6.26 Å². The summed E-state index contributed by atoms with van der Waals surface area (Å²) in [6, 6.07) is -0.166. The summed E-state index contributed by atoms with van der Waals surface area (Å²) >= 11 is 0. The minimum Gasteiger partial charge on any atom is -0.357 e. The number of nitrogens with zero attached hydrogens (tertiary/aromatic N) is 1. The summed E-state index contributed by atoms with van der Waals surface area (Å²) in [5, 5.41) is 5.68. The van der Waals surface area contributed by atoms with E-state index >= 15 is 0 Å². The molecule has 1 rings (SSSR count). The third-order valence-electron chi connectivity index (χ3n) is 3.25. The largest absolute Gasteiger partial charge is 0.357 e. The Hall–Kier alpha value is -1.84. The van der Waals surface area contributed by atoms with Gasteiger partial charge in [-0.2, -0.15) is 0 Å². The average Bonchev–Trinajstić information content (AvgIpc) is 2.50. The summed E-state index contributed by atoms with van der Waals surface area (Å²) in [4.78, 5) is 3.90. The highest BCUT2D eigenvalue weighted by Gasteiger charge is 2.19. The van der Waals surface area contributed by atoms with Gasteiger partial charge in [0.05, 0.1) is 17.9 Å². The maximum atomic E-state index is 13.6. The van der Waals surface area contributed by atoms with Crippen LogP contribution in [0.25, 0.3) is 0 Å². The summed E-state index contributed by atoms with van der Waals surface area (Å²) in [6.45, 7) is 3.26. The van der Waals surface area contributed by atoms with E-state index in [4.69, 9.17) is 0 Å². The van der Waals surface area contributed by atoms with Crippen LogP contribution in [0.15, 0.2) is 11.1 Å². The highest BCUT2D eigenvalue weighted by atomic mass is 32.2. The Morgan fingerprint density at radius 3 is 2.24 bits per heavy atom. The van der Waals surface area contributed by atoms with Crippen LogP contribution in [0.5, 0.6) is 0 Å². The number of sulfone groups is 1. The van der Waals surface area contributed by atoms with Crippen LogP contribution in [0.3, 0.4) is 0 Å². The summed E-state index contributed by atoms with van der Waals surface area (Å²) in [5.74, 6) is -5.88. The lowest BCUT2D eigenvalue weighted by molar-refractivity contribution is 0.439. The molecule has 0 saturated carbocycles. The molecule has 0 fully saturated rings. The van der Waals surface area contributed by atoms with Crippen molar-refractivity contribution in [2.75, 3.05) is 18.6 Å². The van der Waals surface area contributed by atoms with Gasteiger partial charge in [-0.3, -0.25) is 0 Å². The van der Waals surface area contributed by atoms with E-state index < -0.39 is 45.2 Å². The fourth-order valence-corrected chi connectivity index (χ4v) is 2.72. The average molecular weight is 383 g/mol. The Balaban J connectivity index is 2.90. The molecule has 1 aromatic rings. The molecule has 0 aliphatic rings. The molecule has 0 aromatic heterocycles. The lowest BCUT2D eigenvalue weighted by atomic mass is 10.2. The normalized spacial score (nSPS) is 13.6. The first-order chi connectivity index (χ1) is 11.5. The van der Waals surface area contributed by atoms with Crippen molar-refractivity contribution in [3.63, 3.8) is 0 Å². The van der Waals surface area contributed by atoms with E-state index in [1.807, 2.05) is 0 Å². The molecule has 142 valence electrons. The fourth-order valence-electron chi connectivity index (χ4n) is 1.94. The number of guanidine groups is 1. The number of hydrogen-bond donors (Lipinski definition) is 2. The number of nitrogens with one attached hydrogen (secondary N) is 2. The van der Waals surface area contributed by atoms with E-state index in [9.17, 15) is 26.0 Å². The molecule has 0 amide bonds. The topological polar surface area (TPSA) is 70.6 Å². The van der Waals surface area contributed by atoms with Crippen LogP contribution in [0, 0.1) is 23.3 Å². The minimum absolute atomic E-state index is 0.0427. The van der Waals surface area contributed by atoms with Crippen LogP contribution in [0.4, 0.5) is 17.6 Å². The van der Waals surface area contributed by atoms with E-state index in [1.165, 1.54) is 0 Å². The van der Waals surface area contributed by atoms with Crippen molar-refractivity contribution >= 4 is 15.8 Å². The molecule has 2 N–H and O–H groups in total. The second-order valence-corrected chi connectivity index (χ2v) is 7.87. The maximum Gasteiger partial charge on any atom is 0.191 e. The first-order valence-electron chi connectivity index (χ1n) is 7.59. The van der Waals surface area contributed by atoms with Crippen LogP contribution in [0.1, 0.15) is 25.8 Å². The predicted octanol–water partition coefficient (Wildman–Crippen LogP) is 2.12. The Bertz CT molecular complexity index is 713. The highest BCUT2D eigenvalue weighted by Crippen LogP contribution is 2.20. The third-order valence-corrected chi connectivity index (χ3v) is 4.22. The third kappa shape index (κ3) is 6.89. The summed E-state index contributed by atoms with van der Waals surface area (Å²) in [5.41, 5.74) is -0.821. The number of aliphatic imine (C=N–C) groups is 1. The van der Waals surface area contributed by atoms with Gasteiger partial charge in [0.2, 0.25) is 0 Å². The summed E-state index contributed by atoms with van der Waals surface area (Å²) in [6.07, 6.45) is 1.41. The van der Waals surface area contributed by atoms with Crippen molar-refractivity contribution in [2.45, 2.75) is 32.9 Å². The van der Waals surface area contributed by atoms with Gasteiger partial charge >= 0.3 is 0 Å². The van der Waals surface area contributed by atoms with Crippen LogP contribution < -0.4 is 10.6 Å². The molecule has 10 heteroatoms. The Morgan fingerprint density at radius 2 is 1.76 bits per heavy atom. The number of rotatable bonds is 7. The molecule has 1 atom stereocenters. The molecule has 0 radical (unpaired) electrons. The zero-order chi connectivity index (χ0) is 19.2. The van der Waals surface area contributed by atoms with Crippen molar-refractivity contribution < 1.29 is 26.0 Å². The molecule has 0 spiro atoms. The fraction of sp³-hybridized carbons (Fsp3) is 0.533. The SMILES string of the molecule is CCNC(=NCc1c(F)c(F)cc(F)c1F)NC(C)CCS(C)(=O)=O. The molecular weight excluding hydrogens is 362 g/mol. The number of hydrogen-bond acceptors (Lipinski definition) is 3. The highest BCUT2D eigenvalue weighted by molar-refractivity contribution is 7.90. The zero-order valence-electron chi connectivity index (χ0n) is 14.2. The Kier molecular flexibility index (Phi) is 7.65. The second-order valence-electron chi connectivity index (χ2n) is 5.61. The van der Waals surface area contributed by atoms with E-state index in [2.05, 4.69) is 15.6 Å². The maximum absolute atomic E-state index is 13.6. The van der Waals surface area contributed by atoms with E-state index in [1.54, 1.807) is 13.8 Å². The van der Waals surface area contributed by atoms with Gasteiger partial charge in [0.25, 0.3) is 0 Å². The lowest BCUT2D eigenvalue weighted by Crippen LogP contribution is -2.42. The first-order valence-corrected chi connectivity index (χ1v) is 9.65. The van der Waals surface area contributed by atoms with Gasteiger partial charge in [0, 0.05) is 24.9 Å². The molecule has 1 aromatic carbocycles. The molecule has 0 bridgehead atoms. The van der Waals surface area contributed by atoms with Gasteiger partial charge in [-0.25, -0.2) is 31.0 Å². The molecule has 25 heavy (non-hydrogen) atoms. The molecule has 0 aliphatic heterocycles. The van der Waals surface area contributed by atoms with Gasteiger partial charge in [-0.05, 0) is 20.3 Å². The van der Waals surface area contributed by atoms with Crippen LogP contribution >= 0.6 is 0 Å². The Morgan fingerprint density at radius 1 is 1.20 bits per heavy atom. The molecule has 0 aliphatic carbocycles. The van der Waals surface area contributed by atoms with Crippen LogP contribution in [-0.4, -0.2) is 39.0 Å². The minimum atomic E-state index is -3.13.